The molecule has 0 amide bonds. The zero-order valence-corrected chi connectivity index (χ0v) is 17.6. The lowest BCUT2D eigenvalue weighted by atomic mass is 10.2. The summed E-state index contributed by atoms with van der Waals surface area (Å²) in [6.07, 6.45) is 3.27. The maximum atomic E-state index is 13.0. The van der Waals surface area contributed by atoms with Crippen LogP contribution in [0.4, 0.5) is 4.39 Å². The molecule has 2 aromatic heterocycles. The molecule has 7 nitrogen and oxygen atoms in total. The van der Waals surface area contributed by atoms with Crippen molar-refractivity contribution in [1.29, 1.82) is 0 Å². The summed E-state index contributed by atoms with van der Waals surface area (Å²) >= 11 is 0.766. The van der Waals surface area contributed by atoms with Gasteiger partial charge in [0.25, 0.3) is 0 Å². The summed E-state index contributed by atoms with van der Waals surface area (Å²) in [4.78, 5) is 7.93. The van der Waals surface area contributed by atoms with Gasteiger partial charge in [-0.25, -0.2) is 12.8 Å². The Balaban J connectivity index is 1.42. The number of pyridine rings is 1. The highest BCUT2D eigenvalue weighted by molar-refractivity contribution is 7.92. The second-order valence-corrected chi connectivity index (χ2v) is 9.36. The Morgan fingerprint density at radius 3 is 2.48 bits per heavy atom. The van der Waals surface area contributed by atoms with Crippen LogP contribution in [0.25, 0.3) is 0 Å². The molecule has 0 unspecified atom stereocenters. The van der Waals surface area contributed by atoms with Crippen molar-refractivity contribution in [1.82, 2.24) is 14.3 Å². The lowest BCUT2D eigenvalue weighted by molar-refractivity contribution is 0.283. The predicted octanol–water partition coefficient (Wildman–Crippen LogP) is 4.42. The summed E-state index contributed by atoms with van der Waals surface area (Å²) in [6, 6.07) is 15.8. The number of hydrogen-bond donors (Lipinski definition) is 0. The van der Waals surface area contributed by atoms with Gasteiger partial charge in [0.2, 0.25) is 14.2 Å². The van der Waals surface area contributed by atoms with E-state index in [1.807, 2.05) is 0 Å². The second kappa shape index (κ2) is 9.19. The third kappa shape index (κ3) is 5.62. The molecule has 0 spiro atoms. The molecule has 158 valence electrons. The van der Waals surface area contributed by atoms with Gasteiger partial charge in [-0.05, 0) is 59.7 Å². The predicted molar refractivity (Wildman–Crippen MR) is 112 cm³/mol. The smallest absolute Gasteiger partial charge is 0.329 e. The number of halogens is 1. The Morgan fingerprint density at radius 1 is 0.935 bits per heavy atom. The summed E-state index contributed by atoms with van der Waals surface area (Å²) in [6.45, 7) is 0.210. The van der Waals surface area contributed by atoms with Gasteiger partial charge in [-0.2, -0.15) is 4.98 Å². The van der Waals surface area contributed by atoms with E-state index in [-0.39, 0.29) is 28.5 Å². The van der Waals surface area contributed by atoms with Gasteiger partial charge in [0.05, 0.1) is 5.75 Å². The van der Waals surface area contributed by atoms with Crippen molar-refractivity contribution in [2.24, 2.45) is 0 Å². The molecule has 4 rings (SSSR count). The van der Waals surface area contributed by atoms with Crippen molar-refractivity contribution in [2.75, 3.05) is 0 Å². The Kier molecular flexibility index (Phi) is 6.19. The van der Waals surface area contributed by atoms with Crippen molar-refractivity contribution in [3.63, 3.8) is 0 Å². The van der Waals surface area contributed by atoms with Crippen molar-refractivity contribution in [3.8, 4) is 17.5 Å². The number of aromatic nitrogens is 3. The number of benzene rings is 2. The minimum absolute atomic E-state index is 0.00813. The van der Waals surface area contributed by atoms with E-state index in [2.05, 4.69) is 14.3 Å². The van der Waals surface area contributed by atoms with Crippen molar-refractivity contribution >= 4 is 21.4 Å². The van der Waals surface area contributed by atoms with Crippen LogP contribution in [0.2, 0.25) is 0 Å². The fourth-order valence-electron chi connectivity index (χ4n) is 2.63. The number of sulfone groups is 1. The first-order chi connectivity index (χ1) is 15.0. The molecule has 0 aliphatic carbocycles. The van der Waals surface area contributed by atoms with E-state index in [1.54, 1.807) is 48.8 Å². The number of nitrogens with zero attached hydrogens (tertiary/aromatic N) is 3. The van der Waals surface area contributed by atoms with E-state index in [0.717, 1.165) is 17.1 Å². The maximum absolute atomic E-state index is 13.0. The number of ether oxygens (including phenoxy) is 2. The molecule has 4 aromatic rings. The van der Waals surface area contributed by atoms with E-state index in [4.69, 9.17) is 9.47 Å². The highest BCUT2D eigenvalue weighted by Gasteiger charge is 2.22. The van der Waals surface area contributed by atoms with E-state index < -0.39 is 9.84 Å². The topological polar surface area (TPSA) is 91.3 Å². The summed E-state index contributed by atoms with van der Waals surface area (Å²) in [5.41, 5.74) is 1.39. The van der Waals surface area contributed by atoms with Gasteiger partial charge in [-0.15, -0.1) is 4.37 Å². The third-order valence-corrected chi connectivity index (χ3v) is 6.89. The van der Waals surface area contributed by atoms with Gasteiger partial charge >= 0.3 is 6.01 Å². The fraction of sp³-hybridized carbons (Fsp3) is 0.0952. The summed E-state index contributed by atoms with van der Waals surface area (Å²) < 4.78 is 53.5. The monoisotopic (exact) mass is 457 g/mol. The first-order valence-corrected chi connectivity index (χ1v) is 11.5. The highest BCUT2D eigenvalue weighted by Crippen LogP contribution is 2.26. The average molecular weight is 458 g/mol. The van der Waals surface area contributed by atoms with Crippen LogP contribution in [-0.4, -0.2) is 22.8 Å². The van der Waals surface area contributed by atoms with Gasteiger partial charge in [-0.1, -0.05) is 12.1 Å². The van der Waals surface area contributed by atoms with Crippen LogP contribution in [0.5, 0.6) is 17.5 Å². The molecule has 10 heteroatoms. The summed E-state index contributed by atoms with van der Waals surface area (Å²) in [7, 11) is -3.72. The molecule has 31 heavy (non-hydrogen) atoms. The third-order valence-electron chi connectivity index (χ3n) is 4.08. The quantitative estimate of drug-likeness (QED) is 0.387. The largest absolute Gasteiger partial charge is 0.458 e. The molecule has 0 aliphatic heterocycles. The van der Waals surface area contributed by atoms with Crippen LogP contribution in [0, 0.1) is 5.82 Å². The van der Waals surface area contributed by atoms with E-state index in [9.17, 15) is 12.8 Å². The van der Waals surface area contributed by atoms with Gasteiger partial charge in [0, 0.05) is 23.9 Å². The van der Waals surface area contributed by atoms with Gasteiger partial charge in [0.15, 0.2) is 0 Å². The molecule has 0 saturated carbocycles. The second-order valence-electron chi connectivity index (χ2n) is 6.45. The van der Waals surface area contributed by atoms with Gasteiger partial charge in [0.1, 0.15) is 23.9 Å². The first kappa shape index (κ1) is 20.9. The zero-order valence-electron chi connectivity index (χ0n) is 16.0. The Bertz CT molecular complexity index is 1260. The average Bonchev–Trinajstić information content (AvgIpc) is 3.25. The first-order valence-electron chi connectivity index (χ1n) is 9.08. The lowest BCUT2D eigenvalue weighted by Gasteiger charge is -2.07. The minimum atomic E-state index is -3.72. The molecular formula is C21H16FN3O4S2. The molecule has 0 bridgehead atoms. The van der Waals surface area contributed by atoms with Crippen molar-refractivity contribution < 1.29 is 22.3 Å². The van der Waals surface area contributed by atoms with Crippen LogP contribution >= 0.6 is 11.5 Å². The summed E-state index contributed by atoms with van der Waals surface area (Å²) in [5.74, 6) is 0.250. The van der Waals surface area contributed by atoms with E-state index in [0.29, 0.717) is 17.1 Å². The zero-order chi connectivity index (χ0) is 21.7. The Labute approximate surface area is 182 Å². The molecule has 0 atom stereocenters. The molecule has 2 aromatic carbocycles. The van der Waals surface area contributed by atoms with E-state index in [1.165, 1.54) is 24.3 Å². The van der Waals surface area contributed by atoms with Gasteiger partial charge < -0.3 is 9.47 Å². The highest BCUT2D eigenvalue weighted by atomic mass is 32.2. The fourth-order valence-corrected chi connectivity index (χ4v) is 4.70. The van der Waals surface area contributed by atoms with Crippen molar-refractivity contribution in [3.05, 3.63) is 90.0 Å². The van der Waals surface area contributed by atoms with Crippen LogP contribution in [0.3, 0.4) is 0 Å². The SMILES string of the molecule is O=S(=O)(Cc1cccc(Oc2ccc(F)cc2)c1)c1nc(OCc2ccncc2)ns1. The molecule has 0 aliphatic rings. The lowest BCUT2D eigenvalue weighted by Crippen LogP contribution is -2.05. The Morgan fingerprint density at radius 2 is 1.71 bits per heavy atom. The van der Waals surface area contributed by atoms with Crippen LogP contribution < -0.4 is 9.47 Å². The minimum Gasteiger partial charge on any atom is -0.458 e. The van der Waals surface area contributed by atoms with Crippen LogP contribution in [-0.2, 0) is 22.2 Å². The van der Waals surface area contributed by atoms with Gasteiger partial charge in [-0.3, -0.25) is 4.98 Å². The molecule has 0 N–H and O–H groups in total. The molecular weight excluding hydrogens is 441 g/mol. The number of hydrogen-bond acceptors (Lipinski definition) is 8. The molecule has 0 fully saturated rings. The van der Waals surface area contributed by atoms with Crippen LogP contribution in [0.15, 0.2) is 77.4 Å². The molecule has 0 radical (unpaired) electrons. The molecule has 0 saturated heterocycles. The number of rotatable bonds is 8. The molecule has 2 heterocycles. The van der Waals surface area contributed by atoms with E-state index >= 15 is 0 Å². The standard InChI is InChI=1S/C21H16FN3O4S2/c22-17-4-6-18(7-5-17)29-19-3-1-2-16(12-19)14-31(26,27)21-24-20(25-30-21)28-13-15-8-10-23-11-9-15/h1-12H,13-14H2. The summed E-state index contributed by atoms with van der Waals surface area (Å²) in [5, 5.41) is 0. The Hall–Kier alpha value is -3.37. The normalized spacial score (nSPS) is 11.3. The van der Waals surface area contributed by atoms with Crippen molar-refractivity contribution in [2.45, 2.75) is 16.7 Å². The maximum Gasteiger partial charge on any atom is 0.329 e. The van der Waals surface area contributed by atoms with Crippen LogP contribution in [0.1, 0.15) is 11.1 Å².